The molecule has 0 aliphatic rings. The van der Waals surface area contributed by atoms with E-state index in [4.69, 9.17) is 0 Å². The number of nitro benzene ring substituents is 1. The van der Waals surface area contributed by atoms with Gasteiger partial charge in [-0.05, 0) is 12.1 Å². The van der Waals surface area contributed by atoms with Crippen LogP contribution in [0.25, 0.3) is 22.2 Å². The summed E-state index contributed by atoms with van der Waals surface area (Å²) in [6.07, 6.45) is 2.80. The number of ether oxygens (including phenoxy) is 1. The van der Waals surface area contributed by atoms with E-state index >= 15 is 0 Å². The number of nitrogens with one attached hydrogen (secondary N) is 1. The van der Waals surface area contributed by atoms with Crippen LogP contribution in [-0.2, 0) is 0 Å². The molecule has 2 heterocycles. The minimum Gasteiger partial charge on any atom is -0.432 e. The lowest BCUT2D eigenvalue weighted by Crippen LogP contribution is -2.07. The summed E-state index contributed by atoms with van der Waals surface area (Å²) in [5.41, 5.74) is 0.193. The quantitative estimate of drug-likeness (QED) is 0.258. The fourth-order valence-electron chi connectivity index (χ4n) is 3.03. The predicted molar refractivity (Wildman–Crippen MR) is 103 cm³/mol. The van der Waals surface area contributed by atoms with Crippen LogP contribution in [0.15, 0.2) is 54.9 Å². The first-order valence-electron chi connectivity index (χ1n) is 8.66. The minimum absolute atomic E-state index is 0.118. The molecule has 2 aromatic carbocycles. The van der Waals surface area contributed by atoms with Crippen molar-refractivity contribution in [2.24, 2.45) is 0 Å². The van der Waals surface area contributed by atoms with Crippen LogP contribution >= 0.6 is 0 Å². The van der Waals surface area contributed by atoms with Crippen LogP contribution in [0.4, 0.5) is 30.5 Å². The normalized spacial score (nSPS) is 11.1. The standard InChI is InChI=1S/C19H12F3N5O4/c20-12-7-17(31-18(21)22)14(8-16(12)27(29)30)25-19-23-6-5-13(24-19)11-9-26(28)15-4-2-1-3-10(11)15/h1-9,18,28H,(H,23,24,25). The van der Waals surface area contributed by atoms with Gasteiger partial charge in [0, 0.05) is 29.3 Å². The maximum absolute atomic E-state index is 13.9. The molecule has 0 aliphatic carbocycles. The van der Waals surface area contributed by atoms with Crippen molar-refractivity contribution in [3.05, 3.63) is 70.8 Å². The molecule has 0 saturated carbocycles. The van der Waals surface area contributed by atoms with Crippen molar-refractivity contribution >= 4 is 28.2 Å². The van der Waals surface area contributed by atoms with E-state index in [0.29, 0.717) is 34.3 Å². The summed E-state index contributed by atoms with van der Waals surface area (Å²) in [5, 5.41) is 24.3. The van der Waals surface area contributed by atoms with Crippen molar-refractivity contribution < 1.29 is 28.0 Å². The average molecular weight is 431 g/mol. The van der Waals surface area contributed by atoms with E-state index in [-0.39, 0.29) is 11.6 Å². The Kier molecular flexibility index (Phi) is 5.03. The van der Waals surface area contributed by atoms with E-state index in [1.807, 2.05) is 0 Å². The van der Waals surface area contributed by atoms with Crippen molar-refractivity contribution in [2.75, 3.05) is 5.32 Å². The smallest absolute Gasteiger partial charge is 0.387 e. The molecule has 158 valence electrons. The van der Waals surface area contributed by atoms with Crippen LogP contribution in [0.3, 0.4) is 0 Å². The Balaban J connectivity index is 1.75. The van der Waals surface area contributed by atoms with Gasteiger partial charge in [0.15, 0.2) is 5.75 Å². The second kappa shape index (κ2) is 7.82. The minimum atomic E-state index is -3.29. The van der Waals surface area contributed by atoms with Gasteiger partial charge in [0.2, 0.25) is 11.8 Å². The zero-order chi connectivity index (χ0) is 22.1. The highest BCUT2D eigenvalue weighted by atomic mass is 19.3. The number of para-hydroxylation sites is 1. The Morgan fingerprint density at radius 2 is 2.00 bits per heavy atom. The maximum Gasteiger partial charge on any atom is 0.387 e. The summed E-state index contributed by atoms with van der Waals surface area (Å²) in [5.74, 6) is -2.11. The number of benzene rings is 2. The molecule has 0 amide bonds. The third-order valence-electron chi connectivity index (χ3n) is 4.33. The second-order valence-electron chi connectivity index (χ2n) is 6.23. The van der Waals surface area contributed by atoms with Gasteiger partial charge < -0.3 is 15.3 Å². The molecule has 9 nitrogen and oxygen atoms in total. The van der Waals surface area contributed by atoms with Gasteiger partial charge in [0.25, 0.3) is 0 Å². The molecule has 2 N–H and O–H groups in total. The van der Waals surface area contributed by atoms with Gasteiger partial charge >= 0.3 is 12.3 Å². The summed E-state index contributed by atoms with van der Waals surface area (Å²) in [6.45, 7) is -3.29. The van der Waals surface area contributed by atoms with Crippen LogP contribution < -0.4 is 10.1 Å². The average Bonchev–Trinajstić information content (AvgIpc) is 3.06. The number of nitrogens with zero attached hydrogens (tertiary/aromatic N) is 4. The summed E-state index contributed by atoms with van der Waals surface area (Å²) in [4.78, 5) is 18.2. The van der Waals surface area contributed by atoms with E-state index in [0.717, 1.165) is 4.73 Å². The monoisotopic (exact) mass is 431 g/mol. The molecule has 0 aliphatic heterocycles. The highest BCUT2D eigenvalue weighted by molar-refractivity contribution is 5.95. The molecular formula is C19H12F3N5O4. The van der Waals surface area contributed by atoms with Crippen molar-refractivity contribution in [2.45, 2.75) is 6.61 Å². The van der Waals surface area contributed by atoms with Gasteiger partial charge in [-0.25, -0.2) is 9.97 Å². The zero-order valence-electron chi connectivity index (χ0n) is 15.4. The lowest BCUT2D eigenvalue weighted by Gasteiger charge is -2.12. The van der Waals surface area contributed by atoms with Crippen LogP contribution in [-0.4, -0.2) is 31.4 Å². The molecule has 0 fully saturated rings. The second-order valence-corrected chi connectivity index (χ2v) is 6.23. The van der Waals surface area contributed by atoms with E-state index in [1.165, 1.54) is 12.4 Å². The van der Waals surface area contributed by atoms with Crippen molar-refractivity contribution in [3.8, 4) is 17.0 Å². The van der Waals surface area contributed by atoms with Crippen LogP contribution in [0, 0.1) is 15.9 Å². The van der Waals surface area contributed by atoms with E-state index in [2.05, 4.69) is 20.0 Å². The van der Waals surface area contributed by atoms with Crippen LogP contribution in [0.1, 0.15) is 0 Å². The van der Waals surface area contributed by atoms with Gasteiger partial charge in [-0.15, -0.1) is 0 Å². The lowest BCUT2D eigenvalue weighted by molar-refractivity contribution is -0.387. The van der Waals surface area contributed by atoms with Gasteiger partial charge in [-0.3, -0.25) is 10.1 Å². The molecule has 2 aromatic heterocycles. The van der Waals surface area contributed by atoms with Gasteiger partial charge in [-0.2, -0.15) is 17.9 Å². The van der Waals surface area contributed by atoms with E-state index in [1.54, 1.807) is 30.3 Å². The number of halogens is 3. The van der Waals surface area contributed by atoms with E-state index < -0.39 is 28.8 Å². The van der Waals surface area contributed by atoms with Crippen LogP contribution in [0.2, 0.25) is 0 Å². The number of hydrogen-bond donors (Lipinski definition) is 2. The highest BCUT2D eigenvalue weighted by Gasteiger charge is 2.22. The molecule has 4 rings (SSSR count). The van der Waals surface area contributed by atoms with Gasteiger partial charge in [-0.1, -0.05) is 18.2 Å². The summed E-state index contributed by atoms with van der Waals surface area (Å²) in [6, 6.07) is 9.74. The molecule has 4 aromatic rings. The first-order chi connectivity index (χ1) is 14.8. The molecule has 0 radical (unpaired) electrons. The molecule has 0 bridgehead atoms. The first kappa shape index (κ1) is 19.9. The topological polar surface area (TPSA) is 115 Å². The van der Waals surface area contributed by atoms with Gasteiger partial charge in [0.05, 0.1) is 28.0 Å². The molecule has 31 heavy (non-hydrogen) atoms. The van der Waals surface area contributed by atoms with E-state index in [9.17, 15) is 28.5 Å². The third-order valence-corrected chi connectivity index (χ3v) is 4.33. The predicted octanol–water partition coefficient (Wildman–Crippen LogP) is 4.73. The fraction of sp³-hybridized carbons (Fsp3) is 0.0526. The summed E-state index contributed by atoms with van der Waals surface area (Å²) < 4.78 is 44.4. The Labute approximate surface area is 171 Å². The molecule has 0 atom stereocenters. The number of nitro groups is 1. The van der Waals surface area contributed by atoms with Gasteiger partial charge in [0.1, 0.15) is 0 Å². The summed E-state index contributed by atoms with van der Waals surface area (Å²) >= 11 is 0. The number of alkyl halides is 2. The summed E-state index contributed by atoms with van der Waals surface area (Å²) in [7, 11) is 0. The van der Waals surface area contributed by atoms with Crippen molar-refractivity contribution in [3.63, 3.8) is 0 Å². The number of aromatic nitrogens is 3. The zero-order valence-corrected chi connectivity index (χ0v) is 15.4. The van der Waals surface area contributed by atoms with Crippen molar-refractivity contribution in [1.29, 1.82) is 0 Å². The van der Waals surface area contributed by atoms with Crippen molar-refractivity contribution in [1.82, 2.24) is 14.7 Å². The number of rotatable bonds is 6. The molecule has 0 spiro atoms. The Hall–Kier alpha value is -4.35. The highest BCUT2D eigenvalue weighted by Crippen LogP contribution is 2.35. The lowest BCUT2D eigenvalue weighted by atomic mass is 10.1. The number of hydrogen-bond acceptors (Lipinski definition) is 7. The Morgan fingerprint density at radius 1 is 1.23 bits per heavy atom. The molecule has 0 saturated heterocycles. The third kappa shape index (κ3) is 3.90. The Morgan fingerprint density at radius 3 is 2.74 bits per heavy atom. The number of fused-ring (bicyclic) bond motifs is 1. The largest absolute Gasteiger partial charge is 0.432 e. The molecule has 0 unspecified atom stereocenters. The van der Waals surface area contributed by atoms with Crippen LogP contribution in [0.5, 0.6) is 5.75 Å². The fourth-order valence-corrected chi connectivity index (χ4v) is 3.03. The Bertz CT molecular complexity index is 1300. The number of anilines is 2. The molecular weight excluding hydrogens is 419 g/mol. The first-order valence-corrected chi connectivity index (χ1v) is 8.66. The maximum atomic E-state index is 13.9. The molecule has 12 heteroatoms. The SMILES string of the molecule is O=[N+]([O-])c1cc(Nc2nccc(-c3cn(O)c4ccccc34)n2)c(OC(F)F)cc1F.